The van der Waals surface area contributed by atoms with Crippen molar-refractivity contribution in [3.8, 4) is 0 Å². The Bertz CT molecular complexity index is 870. The van der Waals surface area contributed by atoms with Crippen LogP contribution in [0, 0.1) is 0 Å². The summed E-state index contributed by atoms with van der Waals surface area (Å²) in [7, 11) is -4.32. The number of fused-ring (bicyclic) bond motifs is 1. The molecule has 0 aromatic carbocycles. The van der Waals surface area contributed by atoms with Gasteiger partial charge in [-0.1, -0.05) is 5.21 Å². The predicted molar refractivity (Wildman–Crippen MR) is 76.1 cm³/mol. The summed E-state index contributed by atoms with van der Waals surface area (Å²) >= 11 is 0. The van der Waals surface area contributed by atoms with E-state index < -0.39 is 31.6 Å². The Morgan fingerprint density at radius 1 is 1.48 bits per heavy atom. The molecule has 3 rings (SSSR count). The second-order valence-corrected chi connectivity index (χ2v) is 6.43. The first-order valence-corrected chi connectivity index (χ1v) is 8.11. The van der Waals surface area contributed by atoms with Crippen molar-refractivity contribution in [1.29, 1.82) is 0 Å². The minimum absolute atomic E-state index is 0.0370. The van der Waals surface area contributed by atoms with Crippen LogP contribution in [0.1, 0.15) is 12.6 Å². The molecular weight excluding hydrogens is 331 g/mol. The molecule has 124 valence electrons. The molecule has 12 nitrogen and oxygen atoms in total. The lowest BCUT2D eigenvalue weighted by molar-refractivity contribution is -0.0313. The van der Waals surface area contributed by atoms with Crippen molar-refractivity contribution in [3.63, 3.8) is 0 Å². The number of H-pyrrole nitrogens is 1. The van der Waals surface area contributed by atoms with Crippen LogP contribution in [-0.2, 0) is 9.30 Å². The number of aliphatic hydroxyl groups is 1. The number of hydrogen-bond acceptors (Lipinski definition) is 8. The van der Waals surface area contributed by atoms with Gasteiger partial charge in [-0.25, -0.2) is 0 Å². The summed E-state index contributed by atoms with van der Waals surface area (Å²) in [6, 6.07) is 0. The van der Waals surface area contributed by atoms with Gasteiger partial charge in [-0.05, 0) is 6.08 Å². The Hall–Kier alpha value is -2.11. The topological polar surface area (TPSA) is 189 Å². The van der Waals surface area contributed by atoms with Gasteiger partial charge in [0.2, 0.25) is 5.95 Å². The van der Waals surface area contributed by atoms with E-state index in [2.05, 4.69) is 20.3 Å². The summed E-state index contributed by atoms with van der Waals surface area (Å²) in [5.74, 6) is 0.559. The lowest BCUT2D eigenvalue weighted by Gasteiger charge is -2.14. The number of hydrogen-bond donors (Lipinski definition) is 5. The molecule has 0 saturated carbocycles. The van der Waals surface area contributed by atoms with Crippen LogP contribution in [0.25, 0.3) is 11.2 Å². The minimum atomic E-state index is -4.32. The maximum absolute atomic E-state index is 11.7. The summed E-state index contributed by atoms with van der Waals surface area (Å²) < 4.78 is 17.4. The van der Waals surface area contributed by atoms with Crippen LogP contribution in [0.3, 0.4) is 0 Å². The number of nitrogens with two attached hydrogens (primary N) is 1. The molecule has 1 aliphatic heterocycles. The summed E-state index contributed by atoms with van der Waals surface area (Å²) in [6.07, 6.45) is -1.53. The molecule has 2 aromatic rings. The standard InChI is InChI=1S/C10H13N6O6P/c11-10-12-7-6(8(18)13-10)14-15-16(7)9-5(17)3-4(22-9)1-2-23(19,20)21/h1-2,4-5,9,17H,3H2,(H2,19,20,21)(H3,11,12,13,18)/b2-1+. The van der Waals surface area contributed by atoms with E-state index in [0.717, 1.165) is 10.8 Å². The zero-order chi connectivity index (χ0) is 16.8. The summed E-state index contributed by atoms with van der Waals surface area (Å²) in [4.78, 5) is 35.5. The van der Waals surface area contributed by atoms with Crippen molar-refractivity contribution >= 4 is 24.7 Å². The van der Waals surface area contributed by atoms with Crippen LogP contribution in [0.4, 0.5) is 5.95 Å². The smallest absolute Gasteiger partial charge is 0.348 e. The van der Waals surface area contributed by atoms with Gasteiger partial charge >= 0.3 is 7.60 Å². The molecule has 0 amide bonds. The van der Waals surface area contributed by atoms with Crippen LogP contribution in [0.2, 0.25) is 0 Å². The number of aromatic nitrogens is 5. The van der Waals surface area contributed by atoms with Gasteiger partial charge in [-0.15, -0.1) is 5.10 Å². The predicted octanol–water partition coefficient (Wildman–Crippen LogP) is -1.56. The number of aromatic amines is 1. The van der Waals surface area contributed by atoms with E-state index in [1.54, 1.807) is 0 Å². The van der Waals surface area contributed by atoms with Crippen molar-refractivity contribution in [3.05, 3.63) is 22.2 Å². The minimum Gasteiger partial charge on any atom is -0.388 e. The van der Waals surface area contributed by atoms with E-state index in [4.69, 9.17) is 20.3 Å². The number of nitrogen functional groups attached to an aromatic ring is 1. The second-order valence-electron chi connectivity index (χ2n) is 4.96. The number of nitrogens with one attached hydrogen (secondary N) is 1. The third kappa shape index (κ3) is 3.16. The van der Waals surface area contributed by atoms with Gasteiger partial charge in [-0.2, -0.15) is 9.67 Å². The third-order valence-electron chi connectivity index (χ3n) is 3.21. The molecular formula is C10H13N6O6P. The van der Waals surface area contributed by atoms with E-state index in [9.17, 15) is 14.5 Å². The number of anilines is 1. The number of nitrogens with zero attached hydrogens (tertiary/aromatic N) is 4. The quantitative estimate of drug-likeness (QED) is 0.407. The Balaban J connectivity index is 1.92. The molecule has 0 bridgehead atoms. The lowest BCUT2D eigenvalue weighted by Crippen LogP contribution is -2.22. The van der Waals surface area contributed by atoms with Crippen molar-refractivity contribution in [2.75, 3.05) is 5.73 Å². The van der Waals surface area contributed by atoms with Crippen LogP contribution in [0.5, 0.6) is 0 Å². The number of ether oxygens (including phenoxy) is 1. The van der Waals surface area contributed by atoms with E-state index in [1.807, 2.05) is 0 Å². The average Bonchev–Trinajstić information content (AvgIpc) is 2.99. The van der Waals surface area contributed by atoms with Crippen LogP contribution < -0.4 is 11.3 Å². The Morgan fingerprint density at radius 3 is 2.91 bits per heavy atom. The molecule has 0 radical (unpaired) electrons. The van der Waals surface area contributed by atoms with Gasteiger partial charge in [-0.3, -0.25) is 14.3 Å². The average molecular weight is 344 g/mol. The number of rotatable bonds is 3. The zero-order valence-electron chi connectivity index (χ0n) is 11.5. The summed E-state index contributed by atoms with van der Waals surface area (Å²) in [5, 5.41) is 17.5. The first kappa shape index (κ1) is 15.8. The Labute approximate surface area is 127 Å². The second kappa shape index (κ2) is 5.51. The molecule has 13 heteroatoms. The molecule has 1 aliphatic rings. The molecule has 3 heterocycles. The zero-order valence-corrected chi connectivity index (χ0v) is 12.4. The maximum atomic E-state index is 11.7. The summed E-state index contributed by atoms with van der Waals surface area (Å²) in [6.45, 7) is 0. The maximum Gasteiger partial charge on any atom is 0.348 e. The van der Waals surface area contributed by atoms with E-state index >= 15 is 0 Å². The van der Waals surface area contributed by atoms with Crippen molar-refractivity contribution < 1.29 is 24.2 Å². The molecule has 0 aliphatic carbocycles. The van der Waals surface area contributed by atoms with Crippen LogP contribution in [-0.4, -0.2) is 52.1 Å². The highest BCUT2D eigenvalue weighted by atomic mass is 31.2. The fourth-order valence-electron chi connectivity index (χ4n) is 2.26. The van der Waals surface area contributed by atoms with Crippen LogP contribution >= 0.6 is 7.60 Å². The SMILES string of the molecule is Nc1nc2c(nnn2C2OC(/C=C/P(=O)(O)O)CC2O)c(=O)[nH]1. The molecule has 1 saturated heterocycles. The third-order valence-corrected chi connectivity index (χ3v) is 3.77. The van der Waals surface area contributed by atoms with E-state index in [1.165, 1.54) is 0 Å². The molecule has 1 fully saturated rings. The molecule has 2 aromatic heterocycles. The lowest BCUT2D eigenvalue weighted by atomic mass is 10.2. The van der Waals surface area contributed by atoms with Gasteiger partial charge in [0.05, 0.1) is 6.10 Å². The first-order chi connectivity index (χ1) is 10.7. The van der Waals surface area contributed by atoms with Gasteiger partial charge in [0.25, 0.3) is 5.56 Å². The van der Waals surface area contributed by atoms with Gasteiger partial charge in [0, 0.05) is 12.2 Å². The molecule has 3 unspecified atom stereocenters. The van der Waals surface area contributed by atoms with Crippen molar-refractivity contribution in [2.24, 2.45) is 0 Å². The Kier molecular flexibility index (Phi) is 3.78. The molecule has 3 atom stereocenters. The highest BCUT2D eigenvalue weighted by Crippen LogP contribution is 2.38. The van der Waals surface area contributed by atoms with E-state index in [0.29, 0.717) is 5.82 Å². The molecule has 23 heavy (non-hydrogen) atoms. The largest absolute Gasteiger partial charge is 0.388 e. The highest BCUT2D eigenvalue weighted by molar-refractivity contribution is 7.55. The summed E-state index contributed by atoms with van der Waals surface area (Å²) in [5.41, 5.74) is 4.86. The first-order valence-electron chi connectivity index (χ1n) is 6.43. The van der Waals surface area contributed by atoms with Gasteiger partial charge < -0.3 is 25.4 Å². The number of aliphatic hydroxyl groups excluding tert-OH is 1. The van der Waals surface area contributed by atoms with Gasteiger partial charge in [0.15, 0.2) is 17.4 Å². The van der Waals surface area contributed by atoms with Crippen molar-refractivity contribution in [1.82, 2.24) is 25.0 Å². The highest BCUT2D eigenvalue weighted by Gasteiger charge is 2.36. The van der Waals surface area contributed by atoms with Gasteiger partial charge in [0.1, 0.15) is 6.10 Å². The van der Waals surface area contributed by atoms with Crippen molar-refractivity contribution in [2.45, 2.75) is 24.9 Å². The van der Waals surface area contributed by atoms with E-state index in [-0.39, 0.29) is 23.5 Å². The molecule has 6 N–H and O–H groups in total. The monoisotopic (exact) mass is 344 g/mol. The Morgan fingerprint density at radius 2 is 2.22 bits per heavy atom. The normalized spacial score (nSPS) is 25.6. The van der Waals surface area contributed by atoms with Crippen LogP contribution in [0.15, 0.2) is 16.7 Å². The molecule has 0 spiro atoms. The fraction of sp³-hybridized carbons (Fsp3) is 0.400. The fourth-order valence-corrected chi connectivity index (χ4v) is 2.68.